The summed E-state index contributed by atoms with van der Waals surface area (Å²) in [4.78, 5) is 14.1. The molecule has 0 bridgehead atoms. The summed E-state index contributed by atoms with van der Waals surface area (Å²) in [6.45, 7) is 0.702. The van der Waals surface area contributed by atoms with Gasteiger partial charge in [-0.2, -0.15) is 5.10 Å². The van der Waals surface area contributed by atoms with Crippen molar-refractivity contribution in [1.82, 2.24) is 19.4 Å². The first-order chi connectivity index (χ1) is 14.4. The van der Waals surface area contributed by atoms with E-state index < -0.39 is 15.8 Å². The number of carbonyl (C=O) groups excluding carboxylic acids is 1. The van der Waals surface area contributed by atoms with Gasteiger partial charge in [0.1, 0.15) is 10.7 Å². The van der Waals surface area contributed by atoms with Gasteiger partial charge in [0.15, 0.2) is 0 Å². The van der Waals surface area contributed by atoms with E-state index in [-0.39, 0.29) is 22.4 Å². The van der Waals surface area contributed by atoms with Crippen molar-refractivity contribution in [3.63, 3.8) is 0 Å². The third-order valence-electron chi connectivity index (χ3n) is 5.10. The molecule has 1 aliphatic heterocycles. The predicted octanol–water partition coefficient (Wildman–Crippen LogP) is 2.59. The number of likely N-dealkylation sites (tertiary alicyclic amines) is 1. The lowest BCUT2D eigenvalue weighted by molar-refractivity contribution is 0.0706. The fourth-order valence-electron chi connectivity index (χ4n) is 3.46. The summed E-state index contributed by atoms with van der Waals surface area (Å²) in [6.07, 6.45) is 3.68. The van der Waals surface area contributed by atoms with Crippen molar-refractivity contribution in [2.24, 2.45) is 0 Å². The van der Waals surface area contributed by atoms with Crippen molar-refractivity contribution in [3.05, 3.63) is 78.4 Å². The fraction of sp³-hybridized carbons (Fsp3) is 0.238. The van der Waals surface area contributed by atoms with Crippen LogP contribution in [0.3, 0.4) is 0 Å². The Kier molecular flexibility index (Phi) is 5.65. The molecule has 30 heavy (non-hydrogen) atoms. The Morgan fingerprint density at radius 2 is 1.70 bits per heavy atom. The van der Waals surface area contributed by atoms with E-state index in [2.05, 4.69) is 9.82 Å². The number of rotatable bonds is 5. The van der Waals surface area contributed by atoms with Gasteiger partial charge in [-0.05, 0) is 37.1 Å². The molecule has 2 heterocycles. The van der Waals surface area contributed by atoms with Gasteiger partial charge >= 0.3 is 0 Å². The van der Waals surface area contributed by atoms with Crippen LogP contribution < -0.4 is 4.72 Å². The van der Waals surface area contributed by atoms with Crippen LogP contribution in [0.25, 0.3) is 5.69 Å². The monoisotopic (exact) mass is 428 g/mol. The Morgan fingerprint density at radius 3 is 2.40 bits per heavy atom. The highest BCUT2D eigenvalue weighted by atomic mass is 32.2. The minimum atomic E-state index is -3.74. The number of hydrogen-bond acceptors (Lipinski definition) is 4. The molecule has 1 fully saturated rings. The number of hydrogen-bond donors (Lipinski definition) is 1. The van der Waals surface area contributed by atoms with Gasteiger partial charge in [-0.15, -0.1) is 0 Å². The minimum absolute atomic E-state index is 0.0323. The molecule has 0 radical (unpaired) electrons. The van der Waals surface area contributed by atoms with Crippen LogP contribution in [0.5, 0.6) is 0 Å². The number of sulfonamides is 1. The molecule has 0 spiro atoms. The number of halogens is 1. The molecule has 1 saturated heterocycles. The van der Waals surface area contributed by atoms with E-state index in [1.54, 1.807) is 11.0 Å². The molecule has 0 saturated carbocycles. The van der Waals surface area contributed by atoms with Gasteiger partial charge < -0.3 is 4.90 Å². The van der Waals surface area contributed by atoms with Crippen LogP contribution in [0.15, 0.2) is 71.9 Å². The molecule has 156 valence electrons. The first-order valence-electron chi connectivity index (χ1n) is 9.60. The second kappa shape index (κ2) is 8.37. The van der Waals surface area contributed by atoms with Gasteiger partial charge in [-0.1, -0.05) is 30.3 Å². The fourth-order valence-corrected chi connectivity index (χ4v) is 4.70. The molecule has 1 amide bonds. The zero-order chi connectivity index (χ0) is 21.1. The normalized spacial score (nSPS) is 15.3. The molecule has 1 aliphatic rings. The van der Waals surface area contributed by atoms with Crippen LogP contribution in [0.1, 0.15) is 23.2 Å². The number of amides is 1. The summed E-state index contributed by atoms with van der Waals surface area (Å²) < 4.78 is 43.5. The standard InChI is InChI=1S/C21H21FN4O3S/c22-20-9-5-4-8-19(20)21(27)25-12-10-16(11-13-25)24-30(28,29)18-14-23-26(15-18)17-6-2-1-3-7-17/h1-9,14-16,24H,10-13H2. The summed E-state index contributed by atoms with van der Waals surface area (Å²) >= 11 is 0. The molecule has 2 aromatic carbocycles. The van der Waals surface area contributed by atoms with Crippen molar-refractivity contribution in [1.29, 1.82) is 0 Å². The molecular formula is C21H21FN4O3S. The van der Waals surface area contributed by atoms with Crippen LogP contribution in [0.2, 0.25) is 0 Å². The number of benzene rings is 2. The van der Waals surface area contributed by atoms with E-state index in [9.17, 15) is 17.6 Å². The van der Waals surface area contributed by atoms with E-state index in [1.165, 1.54) is 35.3 Å². The summed E-state index contributed by atoms with van der Waals surface area (Å²) in [6, 6.07) is 14.8. The molecule has 4 rings (SSSR count). The second-order valence-corrected chi connectivity index (χ2v) is 8.84. The van der Waals surface area contributed by atoms with Crippen LogP contribution in [-0.4, -0.2) is 48.1 Å². The molecule has 0 atom stereocenters. The third-order valence-corrected chi connectivity index (χ3v) is 6.57. The number of nitrogens with zero attached hydrogens (tertiary/aromatic N) is 3. The highest BCUT2D eigenvalue weighted by molar-refractivity contribution is 7.89. The molecule has 1 aromatic heterocycles. The summed E-state index contributed by atoms with van der Waals surface area (Å²) in [5.41, 5.74) is 0.795. The maximum absolute atomic E-state index is 13.9. The van der Waals surface area contributed by atoms with E-state index in [0.717, 1.165) is 5.69 Å². The smallest absolute Gasteiger partial charge is 0.256 e. The first kappa shape index (κ1) is 20.2. The van der Waals surface area contributed by atoms with Gasteiger partial charge in [-0.3, -0.25) is 4.79 Å². The SMILES string of the molecule is O=C(c1ccccc1F)N1CCC(NS(=O)(=O)c2cnn(-c3ccccc3)c2)CC1. The van der Waals surface area contributed by atoms with Gasteiger partial charge in [0.2, 0.25) is 10.0 Å². The Labute approximate surface area is 174 Å². The van der Waals surface area contributed by atoms with E-state index in [1.807, 2.05) is 30.3 Å². The highest BCUT2D eigenvalue weighted by Crippen LogP contribution is 2.18. The molecule has 3 aromatic rings. The summed E-state index contributed by atoms with van der Waals surface area (Å²) in [7, 11) is -3.74. The molecule has 1 N–H and O–H groups in total. The molecule has 7 nitrogen and oxygen atoms in total. The Balaban J connectivity index is 1.38. The van der Waals surface area contributed by atoms with E-state index in [0.29, 0.717) is 25.9 Å². The number of nitrogens with one attached hydrogen (secondary N) is 1. The highest BCUT2D eigenvalue weighted by Gasteiger charge is 2.28. The van der Waals surface area contributed by atoms with Crippen molar-refractivity contribution in [3.8, 4) is 5.69 Å². The average Bonchev–Trinajstić information content (AvgIpc) is 3.26. The predicted molar refractivity (Wildman–Crippen MR) is 109 cm³/mol. The van der Waals surface area contributed by atoms with E-state index >= 15 is 0 Å². The quantitative estimate of drug-likeness (QED) is 0.677. The lowest BCUT2D eigenvalue weighted by Gasteiger charge is -2.32. The van der Waals surface area contributed by atoms with E-state index in [4.69, 9.17) is 0 Å². The number of carbonyl (C=O) groups is 1. The van der Waals surface area contributed by atoms with Crippen molar-refractivity contribution in [2.75, 3.05) is 13.1 Å². The lowest BCUT2D eigenvalue weighted by atomic mass is 10.0. The van der Waals surface area contributed by atoms with Gasteiger partial charge in [0.25, 0.3) is 5.91 Å². The lowest BCUT2D eigenvalue weighted by Crippen LogP contribution is -2.46. The van der Waals surface area contributed by atoms with Gasteiger partial charge in [0.05, 0.1) is 23.6 Å². The summed E-state index contributed by atoms with van der Waals surface area (Å²) in [5, 5.41) is 4.13. The maximum atomic E-state index is 13.9. The van der Waals surface area contributed by atoms with Gasteiger partial charge in [-0.25, -0.2) is 22.2 Å². The topological polar surface area (TPSA) is 84.3 Å². The molecular weight excluding hydrogens is 407 g/mol. The van der Waals surface area contributed by atoms with Crippen LogP contribution >= 0.6 is 0 Å². The molecule has 9 heteroatoms. The number of piperidine rings is 1. The first-order valence-corrected chi connectivity index (χ1v) is 11.1. The summed E-state index contributed by atoms with van der Waals surface area (Å²) in [5.74, 6) is -0.931. The number of aromatic nitrogens is 2. The second-order valence-electron chi connectivity index (χ2n) is 7.12. The third kappa shape index (κ3) is 4.27. The van der Waals surface area contributed by atoms with Crippen LogP contribution in [0, 0.1) is 5.82 Å². The number of para-hydroxylation sites is 1. The maximum Gasteiger partial charge on any atom is 0.256 e. The van der Waals surface area contributed by atoms with Crippen LogP contribution in [-0.2, 0) is 10.0 Å². The molecule has 0 aliphatic carbocycles. The zero-order valence-electron chi connectivity index (χ0n) is 16.1. The zero-order valence-corrected chi connectivity index (χ0v) is 16.9. The minimum Gasteiger partial charge on any atom is -0.338 e. The van der Waals surface area contributed by atoms with Crippen molar-refractivity contribution in [2.45, 2.75) is 23.8 Å². The Morgan fingerprint density at radius 1 is 1.03 bits per heavy atom. The Bertz CT molecular complexity index is 1140. The van der Waals surface area contributed by atoms with Crippen molar-refractivity contribution >= 4 is 15.9 Å². The average molecular weight is 428 g/mol. The van der Waals surface area contributed by atoms with Crippen molar-refractivity contribution < 1.29 is 17.6 Å². The largest absolute Gasteiger partial charge is 0.338 e. The Hall–Kier alpha value is -3.04. The van der Waals surface area contributed by atoms with Crippen LogP contribution in [0.4, 0.5) is 4.39 Å². The van der Waals surface area contributed by atoms with Gasteiger partial charge in [0, 0.05) is 19.1 Å². The molecule has 0 unspecified atom stereocenters.